The number of pyridine rings is 1. The maximum atomic E-state index is 12.3. The molecule has 114 valence electrons. The highest BCUT2D eigenvalue weighted by Gasteiger charge is 2.17. The van der Waals surface area contributed by atoms with Gasteiger partial charge < -0.3 is 20.7 Å². The van der Waals surface area contributed by atoms with E-state index in [1.54, 1.807) is 30.6 Å². The van der Waals surface area contributed by atoms with Crippen LogP contribution in [-0.2, 0) is 4.74 Å². The lowest BCUT2D eigenvalue weighted by Crippen LogP contribution is -2.36. The third-order valence-electron chi connectivity index (χ3n) is 3.56. The minimum Gasteiger partial charge on any atom is -0.399 e. The van der Waals surface area contributed by atoms with Crippen molar-refractivity contribution in [1.29, 1.82) is 0 Å². The number of ether oxygens (including phenoxy) is 1. The Kier molecular flexibility index (Phi) is 4.20. The molecule has 0 spiro atoms. The predicted molar refractivity (Wildman–Crippen MR) is 86.1 cm³/mol. The van der Waals surface area contributed by atoms with Crippen molar-refractivity contribution in [2.45, 2.75) is 0 Å². The number of amides is 1. The van der Waals surface area contributed by atoms with Crippen LogP contribution in [0.2, 0.25) is 0 Å². The Balaban J connectivity index is 1.85. The maximum Gasteiger partial charge on any atom is 0.255 e. The first-order chi connectivity index (χ1) is 10.7. The van der Waals surface area contributed by atoms with Crippen molar-refractivity contribution in [2.24, 2.45) is 0 Å². The Morgan fingerprint density at radius 1 is 1.18 bits per heavy atom. The molecule has 0 radical (unpaired) electrons. The molecule has 6 heteroatoms. The average molecular weight is 298 g/mol. The maximum absolute atomic E-state index is 12.3. The monoisotopic (exact) mass is 298 g/mol. The molecular formula is C16H18N4O2. The minimum atomic E-state index is -0.178. The molecule has 3 rings (SSSR count). The van der Waals surface area contributed by atoms with Gasteiger partial charge in [-0.3, -0.25) is 9.78 Å². The lowest BCUT2D eigenvalue weighted by molar-refractivity contribution is 0.102. The second-order valence-corrected chi connectivity index (χ2v) is 5.07. The van der Waals surface area contributed by atoms with Gasteiger partial charge in [0.1, 0.15) is 0 Å². The van der Waals surface area contributed by atoms with Gasteiger partial charge in [-0.25, -0.2) is 0 Å². The van der Waals surface area contributed by atoms with Crippen molar-refractivity contribution in [1.82, 2.24) is 4.98 Å². The molecule has 22 heavy (non-hydrogen) atoms. The molecule has 0 unspecified atom stereocenters. The van der Waals surface area contributed by atoms with Gasteiger partial charge in [0.05, 0.1) is 24.6 Å². The third-order valence-corrected chi connectivity index (χ3v) is 3.56. The number of nitrogens with one attached hydrogen (secondary N) is 1. The number of nitrogens with zero attached hydrogens (tertiary/aromatic N) is 2. The van der Waals surface area contributed by atoms with Gasteiger partial charge >= 0.3 is 0 Å². The van der Waals surface area contributed by atoms with E-state index in [0.29, 0.717) is 30.2 Å². The molecule has 0 saturated carbocycles. The fourth-order valence-electron chi connectivity index (χ4n) is 2.43. The first-order valence-electron chi connectivity index (χ1n) is 7.17. The number of aromatic nitrogens is 1. The molecule has 2 aromatic rings. The molecule has 0 bridgehead atoms. The quantitative estimate of drug-likeness (QED) is 0.844. The molecule has 1 amide bonds. The van der Waals surface area contributed by atoms with Crippen molar-refractivity contribution >= 4 is 23.0 Å². The van der Waals surface area contributed by atoms with Gasteiger partial charge in [0.25, 0.3) is 5.91 Å². The average Bonchev–Trinajstić information content (AvgIpc) is 2.56. The number of morpholine rings is 1. The summed E-state index contributed by atoms with van der Waals surface area (Å²) in [5.74, 6) is -0.178. The molecule has 2 heterocycles. The summed E-state index contributed by atoms with van der Waals surface area (Å²) in [5.41, 5.74) is 8.71. The summed E-state index contributed by atoms with van der Waals surface area (Å²) >= 11 is 0. The lowest BCUT2D eigenvalue weighted by Gasteiger charge is -2.30. The van der Waals surface area contributed by atoms with E-state index in [-0.39, 0.29) is 5.91 Å². The van der Waals surface area contributed by atoms with Gasteiger partial charge in [-0.2, -0.15) is 0 Å². The van der Waals surface area contributed by atoms with E-state index in [1.165, 1.54) is 0 Å². The summed E-state index contributed by atoms with van der Waals surface area (Å²) in [6.45, 7) is 2.95. The highest BCUT2D eigenvalue weighted by molar-refractivity contribution is 6.06. The van der Waals surface area contributed by atoms with Crippen LogP contribution >= 0.6 is 0 Å². The first kappa shape index (κ1) is 14.3. The smallest absolute Gasteiger partial charge is 0.255 e. The summed E-state index contributed by atoms with van der Waals surface area (Å²) in [6.07, 6.45) is 3.19. The number of rotatable bonds is 3. The van der Waals surface area contributed by atoms with Gasteiger partial charge in [0.15, 0.2) is 0 Å². The molecule has 1 aromatic heterocycles. The number of anilines is 3. The van der Waals surface area contributed by atoms with Crippen molar-refractivity contribution < 1.29 is 9.53 Å². The largest absolute Gasteiger partial charge is 0.399 e. The van der Waals surface area contributed by atoms with E-state index in [4.69, 9.17) is 10.5 Å². The molecule has 1 aliphatic heterocycles. The molecule has 0 atom stereocenters. The Bertz CT molecular complexity index is 654. The summed E-state index contributed by atoms with van der Waals surface area (Å²) in [7, 11) is 0. The van der Waals surface area contributed by atoms with Crippen LogP contribution in [0.4, 0.5) is 17.1 Å². The number of nitrogens with two attached hydrogens (primary N) is 1. The Morgan fingerprint density at radius 2 is 1.91 bits per heavy atom. The lowest BCUT2D eigenvalue weighted by atomic mass is 10.2. The van der Waals surface area contributed by atoms with Gasteiger partial charge in [0, 0.05) is 36.7 Å². The van der Waals surface area contributed by atoms with Crippen LogP contribution in [-0.4, -0.2) is 37.2 Å². The second kappa shape index (κ2) is 6.44. The van der Waals surface area contributed by atoms with Crippen molar-refractivity contribution in [2.75, 3.05) is 42.3 Å². The van der Waals surface area contributed by atoms with Crippen LogP contribution in [0.1, 0.15) is 10.4 Å². The normalized spacial score (nSPS) is 14.6. The van der Waals surface area contributed by atoms with E-state index in [2.05, 4.69) is 15.2 Å². The van der Waals surface area contributed by atoms with E-state index < -0.39 is 0 Å². The molecular weight excluding hydrogens is 280 g/mol. The second-order valence-electron chi connectivity index (χ2n) is 5.07. The summed E-state index contributed by atoms with van der Waals surface area (Å²) in [6, 6.07) is 8.91. The minimum absolute atomic E-state index is 0.178. The van der Waals surface area contributed by atoms with E-state index in [9.17, 15) is 4.79 Å². The van der Waals surface area contributed by atoms with Crippen molar-refractivity contribution in [3.63, 3.8) is 0 Å². The van der Waals surface area contributed by atoms with Crippen LogP contribution in [0.15, 0.2) is 42.7 Å². The highest BCUT2D eigenvalue weighted by atomic mass is 16.5. The summed E-state index contributed by atoms with van der Waals surface area (Å²) < 4.78 is 5.37. The zero-order valence-corrected chi connectivity index (χ0v) is 12.2. The standard InChI is InChI=1S/C16H18N4O2/c17-13-1-2-15(20-7-9-22-10-8-20)14(11-13)19-16(21)12-3-5-18-6-4-12/h1-6,11H,7-10,17H2,(H,19,21). The van der Waals surface area contributed by atoms with E-state index in [0.717, 1.165) is 18.8 Å². The summed E-state index contributed by atoms with van der Waals surface area (Å²) in [5, 5.41) is 2.94. The van der Waals surface area contributed by atoms with E-state index in [1.807, 2.05) is 12.1 Å². The fourth-order valence-corrected chi connectivity index (χ4v) is 2.43. The van der Waals surface area contributed by atoms with Crippen LogP contribution in [0.3, 0.4) is 0 Å². The van der Waals surface area contributed by atoms with Gasteiger partial charge in [0.2, 0.25) is 0 Å². The Labute approximate surface area is 128 Å². The molecule has 1 saturated heterocycles. The molecule has 3 N–H and O–H groups in total. The topological polar surface area (TPSA) is 80.5 Å². The number of hydrogen-bond acceptors (Lipinski definition) is 5. The molecule has 1 aliphatic rings. The number of benzene rings is 1. The number of hydrogen-bond donors (Lipinski definition) is 2. The van der Waals surface area contributed by atoms with Crippen molar-refractivity contribution in [3.05, 3.63) is 48.3 Å². The fraction of sp³-hybridized carbons (Fsp3) is 0.250. The third kappa shape index (κ3) is 3.17. The Morgan fingerprint density at radius 3 is 2.64 bits per heavy atom. The van der Waals surface area contributed by atoms with Crippen molar-refractivity contribution in [3.8, 4) is 0 Å². The number of carbonyl (C=O) groups excluding carboxylic acids is 1. The zero-order valence-electron chi connectivity index (χ0n) is 12.2. The highest BCUT2D eigenvalue weighted by Crippen LogP contribution is 2.29. The first-order valence-corrected chi connectivity index (χ1v) is 7.17. The van der Waals surface area contributed by atoms with Crippen LogP contribution < -0.4 is 16.0 Å². The predicted octanol–water partition coefficient (Wildman–Crippen LogP) is 1.75. The summed E-state index contributed by atoms with van der Waals surface area (Å²) in [4.78, 5) is 18.4. The Hall–Kier alpha value is -2.60. The molecule has 0 aliphatic carbocycles. The molecule has 1 aromatic carbocycles. The van der Waals surface area contributed by atoms with E-state index >= 15 is 0 Å². The molecule has 6 nitrogen and oxygen atoms in total. The SMILES string of the molecule is Nc1ccc(N2CCOCC2)c(NC(=O)c2ccncc2)c1. The van der Waals surface area contributed by atoms with Gasteiger partial charge in [-0.15, -0.1) is 0 Å². The molecule has 1 fully saturated rings. The number of carbonyl (C=O) groups is 1. The zero-order chi connectivity index (χ0) is 15.4. The number of nitrogen functional groups attached to an aromatic ring is 1. The van der Waals surface area contributed by atoms with Gasteiger partial charge in [-0.1, -0.05) is 0 Å². The van der Waals surface area contributed by atoms with Crippen LogP contribution in [0.25, 0.3) is 0 Å². The van der Waals surface area contributed by atoms with Crippen LogP contribution in [0, 0.1) is 0 Å². The van der Waals surface area contributed by atoms with Gasteiger partial charge in [-0.05, 0) is 30.3 Å². The van der Waals surface area contributed by atoms with Crippen LogP contribution in [0.5, 0.6) is 0 Å².